The summed E-state index contributed by atoms with van der Waals surface area (Å²) in [7, 11) is 0. The fourth-order valence-corrected chi connectivity index (χ4v) is 5.04. The van der Waals surface area contributed by atoms with E-state index in [9.17, 15) is 4.79 Å². The molecule has 1 atom stereocenters. The zero-order valence-electron chi connectivity index (χ0n) is 24.3. The van der Waals surface area contributed by atoms with Crippen LogP contribution in [-0.4, -0.2) is 60.2 Å². The summed E-state index contributed by atoms with van der Waals surface area (Å²) >= 11 is 0. The molecule has 1 unspecified atom stereocenters. The van der Waals surface area contributed by atoms with Gasteiger partial charge < -0.3 is 14.8 Å². The molecule has 8 nitrogen and oxygen atoms in total. The van der Waals surface area contributed by atoms with Gasteiger partial charge in [-0.2, -0.15) is 5.10 Å². The Morgan fingerprint density at radius 1 is 1.10 bits per heavy atom. The molecule has 1 aromatic heterocycles. The molecule has 3 aromatic rings. The summed E-state index contributed by atoms with van der Waals surface area (Å²) in [5, 5.41) is 11.0. The van der Waals surface area contributed by atoms with Crippen LogP contribution in [0, 0.1) is 12.8 Å². The maximum atomic E-state index is 13.3. The highest BCUT2D eigenvalue weighted by molar-refractivity contribution is 6.01. The van der Waals surface area contributed by atoms with Crippen molar-refractivity contribution in [3.05, 3.63) is 70.9 Å². The Morgan fingerprint density at radius 2 is 1.85 bits per heavy atom. The number of benzene rings is 2. The summed E-state index contributed by atoms with van der Waals surface area (Å²) in [6.45, 7) is 15.5. The summed E-state index contributed by atoms with van der Waals surface area (Å²) in [6, 6.07) is 13.7. The normalized spacial score (nSPS) is 17.4. The first-order chi connectivity index (χ1) is 19.2. The molecule has 0 saturated carbocycles. The quantitative estimate of drug-likeness (QED) is 0.380. The Labute approximate surface area is 237 Å². The number of urea groups is 1. The third-order valence-corrected chi connectivity index (χ3v) is 7.45. The van der Waals surface area contributed by atoms with Crippen molar-refractivity contribution in [1.82, 2.24) is 14.7 Å². The smallest absolute Gasteiger partial charge is 0.324 e. The van der Waals surface area contributed by atoms with E-state index >= 15 is 0 Å². The van der Waals surface area contributed by atoms with E-state index in [0.717, 1.165) is 73.2 Å². The van der Waals surface area contributed by atoms with E-state index in [1.54, 1.807) is 4.68 Å². The van der Waals surface area contributed by atoms with Gasteiger partial charge in [0.15, 0.2) is 0 Å². The first-order valence-electron chi connectivity index (χ1n) is 14.2. The van der Waals surface area contributed by atoms with E-state index in [2.05, 4.69) is 62.3 Å². The maximum Gasteiger partial charge on any atom is 0.324 e. The van der Waals surface area contributed by atoms with Gasteiger partial charge in [0.25, 0.3) is 0 Å². The van der Waals surface area contributed by atoms with Crippen LogP contribution in [0.25, 0.3) is 11.8 Å². The average molecular weight is 544 g/mol. The Balaban J connectivity index is 1.34. The van der Waals surface area contributed by atoms with Gasteiger partial charge in [-0.3, -0.25) is 10.2 Å². The number of fused-ring (bicyclic) bond motifs is 1. The molecule has 1 aliphatic carbocycles. The zero-order chi connectivity index (χ0) is 28.3. The fraction of sp³-hybridized carbons (Fsp3) is 0.438. The van der Waals surface area contributed by atoms with E-state index < -0.39 is 0 Å². The van der Waals surface area contributed by atoms with Gasteiger partial charge >= 0.3 is 6.03 Å². The molecule has 40 heavy (non-hydrogen) atoms. The van der Waals surface area contributed by atoms with Crippen molar-refractivity contribution in [3.63, 3.8) is 0 Å². The van der Waals surface area contributed by atoms with Crippen LogP contribution >= 0.6 is 0 Å². The third kappa shape index (κ3) is 6.57. The molecule has 2 amide bonds. The van der Waals surface area contributed by atoms with Crippen molar-refractivity contribution in [3.8, 4) is 11.4 Å². The number of allylic oxidation sites excluding steroid dienone is 1. The number of rotatable bonds is 7. The molecule has 8 heteroatoms. The molecule has 2 N–H and O–H groups in total. The summed E-state index contributed by atoms with van der Waals surface area (Å²) in [5.41, 5.74) is 5.68. The minimum Gasteiger partial charge on any atom is -0.492 e. The number of amides is 2. The summed E-state index contributed by atoms with van der Waals surface area (Å²) in [5.74, 6) is 1.91. The second-order valence-corrected chi connectivity index (χ2v) is 11.8. The number of hydrogen-bond acceptors (Lipinski definition) is 5. The topological polar surface area (TPSA) is 80.7 Å². The van der Waals surface area contributed by atoms with E-state index in [1.165, 1.54) is 5.56 Å². The van der Waals surface area contributed by atoms with Gasteiger partial charge in [0.2, 0.25) is 0 Å². The Kier molecular flexibility index (Phi) is 8.28. The predicted octanol–water partition coefficient (Wildman–Crippen LogP) is 6.04. The molecule has 5 rings (SSSR count). The van der Waals surface area contributed by atoms with Crippen LogP contribution in [0.5, 0.6) is 5.75 Å². The minimum absolute atomic E-state index is 0.166. The fourth-order valence-electron chi connectivity index (χ4n) is 5.04. The molecule has 0 bridgehead atoms. The standard InChI is InChI=1S/C32H41N5O3/c1-22-6-9-24(10-7-22)37-30(21-29(35-37)32(3,4)5)34-31(38)33-27-12-13-28(26-20-23(2)8-11-25(26)27)40-19-16-36-14-17-39-18-15-36/h6-13,21,23H,14-20H2,1-5H3,(H2,33,34,38). The number of aryl methyl sites for hydroxylation is 1. The number of hydrogen-bond donors (Lipinski definition) is 2. The number of carbonyl (C=O) groups excluding carboxylic acids is 1. The van der Waals surface area contributed by atoms with E-state index in [0.29, 0.717) is 18.3 Å². The first kappa shape index (κ1) is 27.9. The van der Waals surface area contributed by atoms with Crippen molar-refractivity contribution >= 4 is 23.6 Å². The van der Waals surface area contributed by atoms with Crippen LogP contribution in [0.1, 0.15) is 50.1 Å². The lowest BCUT2D eigenvalue weighted by molar-refractivity contribution is 0.0322. The summed E-state index contributed by atoms with van der Waals surface area (Å²) in [6.07, 6.45) is 5.15. The van der Waals surface area contributed by atoms with Gasteiger partial charge in [-0.15, -0.1) is 0 Å². The third-order valence-electron chi connectivity index (χ3n) is 7.45. The molecule has 1 aliphatic heterocycles. The number of nitrogens with one attached hydrogen (secondary N) is 2. The monoisotopic (exact) mass is 543 g/mol. The number of anilines is 2. The lowest BCUT2D eigenvalue weighted by atomic mass is 9.89. The van der Waals surface area contributed by atoms with Crippen LogP contribution < -0.4 is 15.4 Å². The second kappa shape index (κ2) is 11.9. The van der Waals surface area contributed by atoms with Crippen LogP contribution in [-0.2, 0) is 16.6 Å². The highest BCUT2D eigenvalue weighted by atomic mass is 16.5. The molecule has 2 aromatic carbocycles. The van der Waals surface area contributed by atoms with Crippen molar-refractivity contribution in [1.29, 1.82) is 0 Å². The van der Waals surface area contributed by atoms with Crippen LogP contribution in [0.15, 0.2) is 48.5 Å². The molecule has 0 spiro atoms. The lowest BCUT2D eigenvalue weighted by Crippen LogP contribution is -2.38. The highest BCUT2D eigenvalue weighted by Gasteiger charge is 2.23. The molecule has 2 aliphatic rings. The van der Waals surface area contributed by atoms with Crippen LogP contribution in [0.3, 0.4) is 0 Å². The predicted molar refractivity (Wildman–Crippen MR) is 161 cm³/mol. The van der Waals surface area contributed by atoms with Gasteiger partial charge in [0, 0.05) is 42.2 Å². The lowest BCUT2D eigenvalue weighted by Gasteiger charge is -2.27. The van der Waals surface area contributed by atoms with E-state index in [-0.39, 0.29) is 11.4 Å². The summed E-state index contributed by atoms with van der Waals surface area (Å²) in [4.78, 5) is 15.7. The van der Waals surface area contributed by atoms with E-state index in [4.69, 9.17) is 14.6 Å². The van der Waals surface area contributed by atoms with Crippen LogP contribution in [0.2, 0.25) is 0 Å². The first-order valence-corrected chi connectivity index (χ1v) is 14.2. The van der Waals surface area contributed by atoms with Gasteiger partial charge in [0.05, 0.1) is 30.3 Å². The van der Waals surface area contributed by atoms with Gasteiger partial charge in [-0.25, -0.2) is 9.48 Å². The highest BCUT2D eigenvalue weighted by Crippen LogP contribution is 2.36. The van der Waals surface area contributed by atoms with Gasteiger partial charge in [-0.1, -0.05) is 57.5 Å². The summed E-state index contributed by atoms with van der Waals surface area (Å²) < 4.78 is 13.5. The van der Waals surface area contributed by atoms with Gasteiger partial charge in [0.1, 0.15) is 18.2 Å². The zero-order valence-corrected chi connectivity index (χ0v) is 24.3. The van der Waals surface area contributed by atoms with Gasteiger partial charge in [-0.05, 0) is 43.5 Å². The molecule has 212 valence electrons. The van der Waals surface area contributed by atoms with E-state index in [1.807, 2.05) is 42.5 Å². The Morgan fingerprint density at radius 3 is 2.58 bits per heavy atom. The number of carbonyl (C=O) groups is 1. The molecule has 1 saturated heterocycles. The minimum atomic E-state index is -0.316. The molecular weight excluding hydrogens is 502 g/mol. The second-order valence-electron chi connectivity index (χ2n) is 11.8. The van der Waals surface area contributed by atoms with Crippen LogP contribution in [0.4, 0.5) is 16.3 Å². The number of aromatic nitrogens is 2. The maximum absolute atomic E-state index is 13.3. The molecular formula is C32H41N5O3. The number of ether oxygens (including phenoxy) is 2. The number of nitrogens with zero attached hydrogens (tertiary/aromatic N) is 3. The van der Waals surface area contributed by atoms with Crippen molar-refractivity contribution in [2.75, 3.05) is 50.1 Å². The SMILES string of the molecule is Cc1ccc(-n2nc(C(C)(C)C)cc2NC(=O)Nc2ccc(OCCN3CCOCC3)c3c2C=CC(C)C3)cc1. The number of morpholine rings is 1. The van der Waals surface area contributed by atoms with Crippen molar-refractivity contribution in [2.45, 2.75) is 46.5 Å². The van der Waals surface area contributed by atoms with Crippen molar-refractivity contribution in [2.24, 2.45) is 5.92 Å². The molecule has 2 heterocycles. The molecule has 1 fully saturated rings. The largest absolute Gasteiger partial charge is 0.492 e. The Bertz CT molecular complexity index is 1360. The molecule has 0 radical (unpaired) electrons. The Hall–Kier alpha value is -3.62. The van der Waals surface area contributed by atoms with Crippen molar-refractivity contribution < 1.29 is 14.3 Å². The average Bonchev–Trinajstić information content (AvgIpc) is 3.35.